The summed E-state index contributed by atoms with van der Waals surface area (Å²) in [5, 5.41) is 3.42. The quantitative estimate of drug-likeness (QED) is 0.790. The second-order valence-electron chi connectivity index (χ2n) is 6.22. The van der Waals surface area contributed by atoms with Gasteiger partial charge in [0, 0.05) is 13.0 Å². The van der Waals surface area contributed by atoms with Crippen LogP contribution in [0.2, 0.25) is 0 Å². The van der Waals surface area contributed by atoms with Crippen LogP contribution in [0.4, 0.5) is 11.4 Å². The number of hydrogen-bond donors (Lipinski definition) is 1. The molecule has 2 aromatic carbocycles. The Kier molecular flexibility index (Phi) is 4.29. The van der Waals surface area contributed by atoms with Gasteiger partial charge in [0.2, 0.25) is 5.91 Å². The third kappa shape index (κ3) is 3.31. The zero-order valence-electron chi connectivity index (χ0n) is 14.0. The number of carbonyl (C=O) groups excluding carboxylic acids is 1. The molecule has 0 bridgehead atoms. The lowest BCUT2D eigenvalue weighted by Crippen LogP contribution is -2.35. The fourth-order valence-corrected chi connectivity index (χ4v) is 3.19. The van der Waals surface area contributed by atoms with E-state index in [-0.39, 0.29) is 5.91 Å². The number of piperidine rings is 1. The molecule has 1 aromatic heterocycles. The van der Waals surface area contributed by atoms with Crippen molar-refractivity contribution >= 4 is 28.3 Å². The fraction of sp³-hybridized carbons (Fsp3) is 0.250. The van der Waals surface area contributed by atoms with E-state index in [2.05, 4.69) is 15.3 Å². The largest absolute Gasteiger partial charge is 0.378 e. The van der Waals surface area contributed by atoms with Crippen LogP contribution in [0.1, 0.15) is 25.0 Å². The van der Waals surface area contributed by atoms with Crippen LogP contribution in [0.15, 0.2) is 54.7 Å². The lowest BCUT2D eigenvalue weighted by Gasteiger charge is -2.28. The van der Waals surface area contributed by atoms with Crippen LogP contribution in [-0.2, 0) is 11.3 Å². The SMILES string of the molecule is O=C1CCCCN1c1ccccc1NCc1cnc2ccccc2n1. The Morgan fingerprint density at radius 1 is 1.00 bits per heavy atom. The lowest BCUT2D eigenvalue weighted by atomic mass is 10.1. The molecule has 25 heavy (non-hydrogen) atoms. The molecule has 0 unspecified atom stereocenters. The van der Waals surface area contributed by atoms with Crippen LogP contribution in [0, 0.1) is 0 Å². The Bertz CT molecular complexity index is 909. The summed E-state index contributed by atoms with van der Waals surface area (Å²) in [7, 11) is 0. The highest BCUT2D eigenvalue weighted by atomic mass is 16.2. The lowest BCUT2D eigenvalue weighted by molar-refractivity contribution is -0.119. The summed E-state index contributed by atoms with van der Waals surface area (Å²) in [6.07, 6.45) is 4.46. The number of rotatable bonds is 4. The molecule has 0 spiro atoms. The Labute approximate surface area is 146 Å². The van der Waals surface area contributed by atoms with Crippen molar-refractivity contribution in [2.24, 2.45) is 0 Å². The van der Waals surface area contributed by atoms with Gasteiger partial charge in [-0.1, -0.05) is 24.3 Å². The molecule has 3 aromatic rings. The van der Waals surface area contributed by atoms with E-state index in [4.69, 9.17) is 0 Å². The highest BCUT2D eigenvalue weighted by molar-refractivity contribution is 5.97. The first-order valence-corrected chi connectivity index (χ1v) is 8.65. The van der Waals surface area contributed by atoms with E-state index < -0.39 is 0 Å². The first-order valence-electron chi connectivity index (χ1n) is 8.65. The standard InChI is InChI=1S/C20H20N4O/c25-20-11-5-6-12-24(20)19-10-4-3-9-18(19)22-14-15-13-21-16-7-1-2-8-17(16)23-15/h1-4,7-10,13,22H,5-6,11-12,14H2. The predicted octanol–water partition coefficient (Wildman–Crippen LogP) is 3.76. The van der Waals surface area contributed by atoms with Gasteiger partial charge >= 0.3 is 0 Å². The Balaban J connectivity index is 1.55. The Morgan fingerprint density at radius 3 is 2.68 bits per heavy atom. The van der Waals surface area contributed by atoms with E-state index in [0.29, 0.717) is 13.0 Å². The van der Waals surface area contributed by atoms with Gasteiger partial charge in [-0.05, 0) is 37.1 Å². The zero-order chi connectivity index (χ0) is 17.1. The molecular formula is C20H20N4O. The van der Waals surface area contributed by atoms with Crippen LogP contribution in [-0.4, -0.2) is 22.4 Å². The van der Waals surface area contributed by atoms with Crippen LogP contribution < -0.4 is 10.2 Å². The minimum absolute atomic E-state index is 0.200. The van der Waals surface area contributed by atoms with Crippen molar-refractivity contribution in [3.8, 4) is 0 Å². The summed E-state index contributed by atoms with van der Waals surface area (Å²) in [6, 6.07) is 15.8. The Morgan fingerprint density at radius 2 is 1.80 bits per heavy atom. The van der Waals surface area contributed by atoms with Crippen molar-refractivity contribution in [3.63, 3.8) is 0 Å². The molecule has 5 heteroatoms. The van der Waals surface area contributed by atoms with E-state index in [1.165, 1.54) is 0 Å². The molecule has 1 amide bonds. The molecule has 0 atom stereocenters. The van der Waals surface area contributed by atoms with Gasteiger partial charge in [-0.2, -0.15) is 0 Å². The maximum atomic E-state index is 12.2. The smallest absolute Gasteiger partial charge is 0.227 e. The van der Waals surface area contributed by atoms with Gasteiger partial charge in [0.25, 0.3) is 0 Å². The normalized spacial score (nSPS) is 14.7. The summed E-state index contributed by atoms with van der Waals surface area (Å²) in [5.74, 6) is 0.200. The van der Waals surface area contributed by atoms with Crippen LogP contribution in [0.5, 0.6) is 0 Å². The minimum Gasteiger partial charge on any atom is -0.378 e. The van der Waals surface area contributed by atoms with Crippen molar-refractivity contribution in [2.75, 3.05) is 16.8 Å². The van der Waals surface area contributed by atoms with Crippen LogP contribution in [0.25, 0.3) is 11.0 Å². The van der Waals surface area contributed by atoms with Gasteiger partial charge in [0.1, 0.15) is 0 Å². The average molecular weight is 332 g/mol. The first-order chi connectivity index (χ1) is 12.3. The molecule has 126 valence electrons. The topological polar surface area (TPSA) is 58.1 Å². The molecule has 1 saturated heterocycles. The number of nitrogens with zero attached hydrogens (tertiary/aromatic N) is 3. The number of hydrogen-bond acceptors (Lipinski definition) is 4. The zero-order valence-corrected chi connectivity index (χ0v) is 14.0. The molecule has 5 nitrogen and oxygen atoms in total. The first kappa shape index (κ1) is 15.6. The highest BCUT2D eigenvalue weighted by Gasteiger charge is 2.21. The predicted molar refractivity (Wildman–Crippen MR) is 99.5 cm³/mol. The number of aromatic nitrogens is 2. The van der Waals surface area contributed by atoms with E-state index in [9.17, 15) is 4.79 Å². The van der Waals surface area contributed by atoms with Crippen LogP contribution in [0.3, 0.4) is 0 Å². The summed E-state index contributed by atoms with van der Waals surface area (Å²) in [5.41, 5.74) is 4.55. The van der Waals surface area contributed by atoms with Gasteiger partial charge in [-0.15, -0.1) is 0 Å². The molecule has 1 aliphatic heterocycles. The molecule has 0 radical (unpaired) electrons. The molecule has 0 aliphatic carbocycles. The van der Waals surface area contributed by atoms with Crippen molar-refractivity contribution in [2.45, 2.75) is 25.8 Å². The summed E-state index contributed by atoms with van der Waals surface area (Å²) >= 11 is 0. The fourth-order valence-electron chi connectivity index (χ4n) is 3.19. The summed E-state index contributed by atoms with van der Waals surface area (Å²) in [6.45, 7) is 1.35. The average Bonchev–Trinajstić information content (AvgIpc) is 2.67. The molecule has 2 heterocycles. The van der Waals surface area contributed by atoms with E-state index in [1.54, 1.807) is 6.20 Å². The van der Waals surface area contributed by atoms with E-state index in [0.717, 1.165) is 47.5 Å². The maximum absolute atomic E-state index is 12.2. The van der Waals surface area contributed by atoms with Gasteiger partial charge in [0.05, 0.1) is 40.8 Å². The summed E-state index contributed by atoms with van der Waals surface area (Å²) < 4.78 is 0. The summed E-state index contributed by atoms with van der Waals surface area (Å²) in [4.78, 5) is 23.2. The Hall–Kier alpha value is -2.95. The third-order valence-electron chi connectivity index (χ3n) is 4.48. The van der Waals surface area contributed by atoms with Gasteiger partial charge in [-0.25, -0.2) is 4.98 Å². The molecule has 1 fully saturated rings. The molecule has 4 rings (SSSR count). The van der Waals surface area contributed by atoms with Crippen LogP contribution >= 0.6 is 0 Å². The molecule has 0 saturated carbocycles. The second-order valence-corrected chi connectivity index (χ2v) is 6.22. The van der Waals surface area contributed by atoms with Crippen molar-refractivity contribution in [1.29, 1.82) is 0 Å². The number of amides is 1. The monoisotopic (exact) mass is 332 g/mol. The van der Waals surface area contributed by atoms with Gasteiger partial charge < -0.3 is 10.2 Å². The molecule has 1 N–H and O–H groups in total. The van der Waals surface area contributed by atoms with Crippen molar-refractivity contribution in [3.05, 3.63) is 60.4 Å². The maximum Gasteiger partial charge on any atom is 0.227 e. The minimum atomic E-state index is 0.200. The number of nitrogens with one attached hydrogen (secondary N) is 1. The van der Waals surface area contributed by atoms with Crippen molar-refractivity contribution < 1.29 is 4.79 Å². The van der Waals surface area contributed by atoms with Gasteiger partial charge in [-0.3, -0.25) is 9.78 Å². The number of anilines is 2. The second kappa shape index (κ2) is 6.89. The van der Waals surface area contributed by atoms with Gasteiger partial charge in [0.15, 0.2) is 0 Å². The van der Waals surface area contributed by atoms with E-state index >= 15 is 0 Å². The molecule has 1 aliphatic rings. The van der Waals surface area contributed by atoms with Crippen molar-refractivity contribution in [1.82, 2.24) is 9.97 Å². The third-order valence-corrected chi connectivity index (χ3v) is 4.48. The molecular weight excluding hydrogens is 312 g/mol. The van der Waals surface area contributed by atoms with E-state index in [1.807, 2.05) is 53.4 Å². The number of benzene rings is 2. The number of fused-ring (bicyclic) bond motifs is 1. The number of carbonyl (C=O) groups is 1. The number of para-hydroxylation sites is 4. The highest BCUT2D eigenvalue weighted by Crippen LogP contribution is 2.29.